The number of carboxylic acid groups (broad SMARTS) is 1. The number of aryl methyl sites for hydroxylation is 1. The van der Waals surface area contributed by atoms with Crippen LogP contribution in [0.3, 0.4) is 0 Å². The van der Waals surface area contributed by atoms with Crippen LogP contribution in [-0.2, 0) is 18.3 Å². The maximum Gasteiger partial charge on any atom is 0.326 e. The smallest absolute Gasteiger partial charge is 0.326 e. The van der Waals surface area contributed by atoms with Crippen molar-refractivity contribution in [1.82, 2.24) is 20.1 Å². The van der Waals surface area contributed by atoms with Crippen LogP contribution in [0, 0.1) is 0 Å². The lowest BCUT2D eigenvalue weighted by Gasteiger charge is -2.16. The van der Waals surface area contributed by atoms with Crippen LogP contribution in [0.4, 0.5) is 0 Å². The highest BCUT2D eigenvalue weighted by Crippen LogP contribution is 2.26. The molecule has 9 nitrogen and oxygen atoms in total. The molecule has 2 N–H and O–H groups in total. The molecule has 2 aromatic heterocycles. The molecule has 0 aliphatic rings. The lowest BCUT2D eigenvalue weighted by Crippen LogP contribution is -2.42. The molecule has 11 heteroatoms. The van der Waals surface area contributed by atoms with Crippen molar-refractivity contribution in [1.29, 1.82) is 0 Å². The number of carbonyl (C=O) groups is 2. The van der Waals surface area contributed by atoms with E-state index in [2.05, 4.69) is 15.4 Å². The third kappa shape index (κ3) is 6.12. The van der Waals surface area contributed by atoms with Gasteiger partial charge in [0.05, 0.1) is 34.5 Å². The Hall–Kier alpha value is -3.43. The lowest BCUT2D eigenvalue weighted by atomic mass is 10.0. The van der Waals surface area contributed by atoms with Crippen LogP contribution in [-0.4, -0.2) is 44.9 Å². The Morgan fingerprint density at radius 3 is 2.24 bits per heavy atom. The molecule has 0 aliphatic heterocycles. The van der Waals surface area contributed by atoms with Gasteiger partial charge in [-0.1, -0.05) is 61.3 Å². The van der Waals surface area contributed by atoms with Crippen molar-refractivity contribution in [2.45, 2.75) is 26.3 Å². The first-order valence-electron chi connectivity index (χ1n) is 10.2. The number of nitrogens with one attached hydrogen (secondary N) is 1. The van der Waals surface area contributed by atoms with Crippen molar-refractivity contribution >= 4 is 35.1 Å². The van der Waals surface area contributed by atoms with Gasteiger partial charge in [-0.15, -0.1) is 0 Å². The number of benzene rings is 1. The summed E-state index contributed by atoms with van der Waals surface area (Å²) in [7, 11) is 2.97. The Labute approximate surface area is 206 Å². The van der Waals surface area contributed by atoms with Crippen LogP contribution in [0.15, 0.2) is 47.7 Å². The molecular formula is C23H24Cl2N4O5. The number of pyridine rings is 1. The number of aliphatic carboxylic acids is 1. The largest absolute Gasteiger partial charge is 0.494 e. The summed E-state index contributed by atoms with van der Waals surface area (Å²) in [5.74, 6) is -1.63. The van der Waals surface area contributed by atoms with E-state index in [1.807, 2.05) is 13.8 Å². The molecule has 0 bridgehead atoms. The fraction of sp³-hybridized carbons (Fsp3) is 0.261. The van der Waals surface area contributed by atoms with Gasteiger partial charge in [-0.2, -0.15) is 5.10 Å². The number of carbonyl (C=O) groups excluding carboxylic acids is 1. The van der Waals surface area contributed by atoms with E-state index in [4.69, 9.17) is 27.9 Å². The summed E-state index contributed by atoms with van der Waals surface area (Å²) in [6, 6.07) is 5.45. The van der Waals surface area contributed by atoms with Crippen LogP contribution in [0.2, 0.25) is 10.0 Å². The number of halogens is 2. The summed E-state index contributed by atoms with van der Waals surface area (Å²) < 4.78 is 6.43. The second kappa shape index (κ2) is 12.2. The predicted octanol–water partition coefficient (Wildman–Crippen LogP) is 3.61. The fourth-order valence-electron chi connectivity index (χ4n) is 3.05. The molecule has 0 radical (unpaired) electrons. The zero-order valence-electron chi connectivity index (χ0n) is 19.0. The zero-order valence-corrected chi connectivity index (χ0v) is 20.5. The van der Waals surface area contributed by atoms with Crippen molar-refractivity contribution in [2.75, 3.05) is 7.11 Å². The first kappa shape index (κ1) is 26.8. The molecule has 3 rings (SSSR count). The van der Waals surface area contributed by atoms with Crippen LogP contribution < -0.4 is 15.6 Å². The number of hydrogen-bond donors (Lipinski definition) is 2. The van der Waals surface area contributed by atoms with Gasteiger partial charge < -0.3 is 15.2 Å². The standard InChI is InChI=1S/C21H18Cl2N4O5.C2H6/c1-27-20(29)17(16(32-2)10-25-27)12-5-3-11(4-6-12)7-15(21(30)31)26-19(28)18-13(22)8-24-9-14(18)23;1-2/h3-6,8-10,15H,7H2,1-2H3,(H,26,28)(H,30,31);1-2H3. The summed E-state index contributed by atoms with van der Waals surface area (Å²) in [5.41, 5.74) is 1.16. The van der Waals surface area contributed by atoms with Crippen molar-refractivity contribution in [3.05, 3.63) is 74.4 Å². The average Bonchev–Trinajstić information content (AvgIpc) is 2.82. The highest BCUT2D eigenvalue weighted by molar-refractivity contribution is 6.39. The monoisotopic (exact) mass is 506 g/mol. The van der Waals surface area contributed by atoms with E-state index < -0.39 is 17.9 Å². The molecule has 0 spiro atoms. The Kier molecular flexibility index (Phi) is 9.58. The van der Waals surface area contributed by atoms with Gasteiger partial charge in [-0.3, -0.25) is 14.6 Å². The first-order valence-corrected chi connectivity index (χ1v) is 11.0. The minimum absolute atomic E-state index is 0.00678. The van der Waals surface area contributed by atoms with Gasteiger partial charge in [-0.25, -0.2) is 9.48 Å². The molecule has 180 valence electrons. The fourth-order valence-corrected chi connectivity index (χ4v) is 3.58. The summed E-state index contributed by atoms with van der Waals surface area (Å²) in [5, 5.41) is 16.0. The molecule has 3 aromatic rings. The van der Waals surface area contributed by atoms with E-state index in [0.29, 0.717) is 22.4 Å². The van der Waals surface area contributed by atoms with Gasteiger partial charge in [0.1, 0.15) is 6.04 Å². The van der Waals surface area contributed by atoms with E-state index in [-0.39, 0.29) is 27.6 Å². The second-order valence-electron chi connectivity index (χ2n) is 6.76. The lowest BCUT2D eigenvalue weighted by molar-refractivity contribution is -0.139. The van der Waals surface area contributed by atoms with E-state index in [0.717, 1.165) is 0 Å². The average molecular weight is 507 g/mol. The Morgan fingerprint density at radius 2 is 1.71 bits per heavy atom. The molecule has 2 heterocycles. The predicted molar refractivity (Wildman–Crippen MR) is 130 cm³/mol. The van der Waals surface area contributed by atoms with Crippen LogP contribution in [0.5, 0.6) is 5.75 Å². The van der Waals surface area contributed by atoms with Crippen molar-refractivity contribution in [3.8, 4) is 16.9 Å². The zero-order chi connectivity index (χ0) is 25.4. The Bertz CT molecular complexity index is 1210. The molecule has 1 amide bonds. The number of aromatic nitrogens is 3. The minimum atomic E-state index is -1.24. The maximum atomic E-state index is 12.5. The quantitative estimate of drug-likeness (QED) is 0.501. The number of nitrogens with zero attached hydrogens (tertiary/aromatic N) is 3. The van der Waals surface area contributed by atoms with Gasteiger partial charge in [0.15, 0.2) is 5.75 Å². The van der Waals surface area contributed by atoms with E-state index in [1.165, 1.54) is 37.4 Å². The third-order valence-corrected chi connectivity index (χ3v) is 5.26. The van der Waals surface area contributed by atoms with Gasteiger partial charge in [0.25, 0.3) is 11.5 Å². The van der Waals surface area contributed by atoms with E-state index in [1.54, 1.807) is 24.3 Å². The number of hydrogen-bond acceptors (Lipinski definition) is 6. The second-order valence-corrected chi connectivity index (χ2v) is 7.57. The van der Waals surface area contributed by atoms with Gasteiger partial charge in [0, 0.05) is 25.9 Å². The van der Waals surface area contributed by atoms with Crippen molar-refractivity contribution < 1.29 is 19.4 Å². The minimum Gasteiger partial charge on any atom is -0.494 e. The van der Waals surface area contributed by atoms with Crippen LogP contribution >= 0.6 is 23.2 Å². The molecule has 34 heavy (non-hydrogen) atoms. The number of methoxy groups -OCH3 is 1. The van der Waals surface area contributed by atoms with Crippen molar-refractivity contribution in [3.63, 3.8) is 0 Å². The summed E-state index contributed by atoms with van der Waals surface area (Å²) in [6.07, 6.45) is 3.92. The van der Waals surface area contributed by atoms with Crippen LogP contribution in [0.25, 0.3) is 11.1 Å². The number of amides is 1. The Morgan fingerprint density at radius 1 is 1.12 bits per heavy atom. The highest BCUT2D eigenvalue weighted by atomic mass is 35.5. The van der Waals surface area contributed by atoms with E-state index >= 15 is 0 Å². The van der Waals surface area contributed by atoms with Gasteiger partial charge in [0.2, 0.25) is 0 Å². The summed E-state index contributed by atoms with van der Waals surface area (Å²) in [6.45, 7) is 4.00. The normalized spacial score (nSPS) is 11.1. The third-order valence-electron chi connectivity index (χ3n) is 4.69. The van der Waals surface area contributed by atoms with Crippen LogP contribution in [0.1, 0.15) is 29.8 Å². The molecule has 0 fully saturated rings. The first-order chi connectivity index (χ1) is 16.2. The highest BCUT2D eigenvalue weighted by Gasteiger charge is 2.24. The molecule has 0 aliphatic carbocycles. The topological polar surface area (TPSA) is 123 Å². The van der Waals surface area contributed by atoms with Gasteiger partial charge in [-0.05, 0) is 11.1 Å². The molecular weight excluding hydrogens is 483 g/mol. The number of ether oxygens (including phenoxy) is 1. The molecule has 1 unspecified atom stereocenters. The summed E-state index contributed by atoms with van der Waals surface area (Å²) in [4.78, 5) is 40.5. The molecule has 0 saturated heterocycles. The van der Waals surface area contributed by atoms with Gasteiger partial charge >= 0.3 is 5.97 Å². The molecule has 1 atom stereocenters. The number of rotatable bonds is 7. The maximum absolute atomic E-state index is 12.5. The van der Waals surface area contributed by atoms with Crippen molar-refractivity contribution in [2.24, 2.45) is 7.05 Å². The van der Waals surface area contributed by atoms with E-state index in [9.17, 15) is 19.5 Å². The number of carboxylic acids is 1. The summed E-state index contributed by atoms with van der Waals surface area (Å²) >= 11 is 11.9. The molecule has 0 saturated carbocycles. The Balaban J connectivity index is 0.00000199. The SMILES string of the molecule is CC.COc1cnn(C)c(=O)c1-c1ccc(CC(NC(=O)c2c(Cl)cncc2Cl)C(=O)O)cc1. The molecule has 1 aromatic carbocycles.